The number of hydrogen-bond acceptors (Lipinski definition) is 4. The van der Waals surface area contributed by atoms with E-state index < -0.39 is 10.0 Å². The third kappa shape index (κ3) is 4.86. The molecule has 152 valence electrons. The van der Waals surface area contributed by atoms with Crippen molar-refractivity contribution in [2.45, 2.75) is 18.2 Å². The first kappa shape index (κ1) is 20.7. The predicted molar refractivity (Wildman–Crippen MR) is 115 cm³/mol. The molecule has 3 rings (SSSR count). The van der Waals surface area contributed by atoms with Crippen molar-refractivity contribution in [1.82, 2.24) is 0 Å². The summed E-state index contributed by atoms with van der Waals surface area (Å²) >= 11 is 0. The van der Waals surface area contributed by atoms with Gasteiger partial charge in [0.25, 0.3) is 15.8 Å². The number of ether oxygens (including phenoxy) is 1. The minimum atomic E-state index is -3.64. The molecule has 29 heavy (non-hydrogen) atoms. The van der Waals surface area contributed by atoms with Crippen molar-refractivity contribution in [3.63, 3.8) is 0 Å². The summed E-state index contributed by atoms with van der Waals surface area (Å²) in [6.45, 7) is 2.86. The van der Waals surface area contributed by atoms with Gasteiger partial charge in [-0.25, -0.2) is 13.4 Å². The Bertz CT molecular complexity index is 1020. The van der Waals surface area contributed by atoms with Crippen LogP contribution >= 0.6 is 0 Å². The van der Waals surface area contributed by atoms with Crippen LogP contribution in [0.4, 0.5) is 11.5 Å². The SMILES string of the molecule is CCN(c1ccccc1)S(=O)(=O)c1ccc(NCCc2ccccc2OC)[nH+]c1. The monoisotopic (exact) mass is 412 g/mol. The van der Waals surface area contributed by atoms with E-state index in [1.54, 1.807) is 31.4 Å². The van der Waals surface area contributed by atoms with Crippen LogP contribution in [0.15, 0.2) is 77.8 Å². The predicted octanol–water partition coefficient (Wildman–Crippen LogP) is 3.38. The highest BCUT2D eigenvalue weighted by molar-refractivity contribution is 7.92. The fourth-order valence-corrected chi connectivity index (χ4v) is 4.58. The smallest absolute Gasteiger partial charge is 0.272 e. The standard InChI is InChI=1S/C22H25N3O3S/c1-3-25(19-10-5-4-6-11-19)29(26,27)20-13-14-22(24-17-20)23-16-15-18-9-7-8-12-21(18)28-2/h4-14,17H,3,15-16H2,1-2H3,(H,23,24)/p+1. The Hall–Kier alpha value is -3.06. The highest BCUT2D eigenvalue weighted by atomic mass is 32.2. The number of nitrogens with one attached hydrogen (secondary N) is 2. The zero-order chi connectivity index (χ0) is 20.7. The van der Waals surface area contributed by atoms with Gasteiger partial charge in [0.15, 0.2) is 0 Å². The number of anilines is 2. The summed E-state index contributed by atoms with van der Waals surface area (Å²) in [5.74, 6) is 1.61. The van der Waals surface area contributed by atoms with Gasteiger partial charge in [-0.1, -0.05) is 36.4 Å². The van der Waals surface area contributed by atoms with Crippen LogP contribution in [0.25, 0.3) is 0 Å². The summed E-state index contributed by atoms with van der Waals surface area (Å²) in [5, 5.41) is 3.28. The zero-order valence-corrected chi connectivity index (χ0v) is 17.4. The first-order valence-corrected chi connectivity index (χ1v) is 11.0. The van der Waals surface area contributed by atoms with E-state index in [1.165, 1.54) is 10.5 Å². The maximum Gasteiger partial charge on any atom is 0.272 e. The molecule has 1 aromatic heterocycles. The topological polar surface area (TPSA) is 72.8 Å². The molecule has 1 heterocycles. The van der Waals surface area contributed by atoms with Gasteiger partial charge in [-0.15, -0.1) is 0 Å². The molecule has 0 unspecified atom stereocenters. The zero-order valence-electron chi connectivity index (χ0n) is 16.6. The normalized spacial score (nSPS) is 11.1. The van der Waals surface area contributed by atoms with E-state index in [9.17, 15) is 8.42 Å². The molecule has 0 aliphatic rings. The second-order valence-corrected chi connectivity index (χ2v) is 8.29. The molecule has 0 amide bonds. The van der Waals surface area contributed by atoms with Gasteiger partial charge >= 0.3 is 0 Å². The molecular formula is C22H26N3O3S+. The number of methoxy groups -OCH3 is 1. The Labute approximate surface area is 172 Å². The number of hydrogen-bond donors (Lipinski definition) is 1. The minimum absolute atomic E-state index is 0.221. The number of para-hydroxylation sites is 2. The molecule has 2 aromatic carbocycles. The van der Waals surface area contributed by atoms with Crippen LogP contribution in [-0.4, -0.2) is 28.6 Å². The lowest BCUT2D eigenvalue weighted by Gasteiger charge is -2.22. The van der Waals surface area contributed by atoms with Gasteiger partial charge < -0.3 is 4.74 Å². The fraction of sp³-hybridized carbons (Fsp3) is 0.227. The molecule has 0 fully saturated rings. The molecule has 0 atom stereocenters. The molecule has 0 saturated carbocycles. The van der Waals surface area contributed by atoms with Gasteiger partial charge in [0.2, 0.25) is 0 Å². The first-order valence-electron chi connectivity index (χ1n) is 9.51. The Morgan fingerprint density at radius 1 is 1.00 bits per heavy atom. The van der Waals surface area contributed by atoms with E-state index in [1.807, 2.05) is 49.4 Å². The lowest BCUT2D eigenvalue weighted by molar-refractivity contribution is -0.364. The van der Waals surface area contributed by atoms with E-state index >= 15 is 0 Å². The third-order valence-electron chi connectivity index (χ3n) is 4.61. The van der Waals surface area contributed by atoms with Crippen molar-refractivity contribution >= 4 is 21.5 Å². The van der Waals surface area contributed by atoms with Crippen LogP contribution in [0.3, 0.4) is 0 Å². The van der Waals surface area contributed by atoms with Crippen molar-refractivity contribution in [3.8, 4) is 5.75 Å². The average molecular weight is 413 g/mol. The summed E-state index contributed by atoms with van der Waals surface area (Å²) in [5.41, 5.74) is 1.76. The van der Waals surface area contributed by atoms with Gasteiger partial charge in [-0.2, -0.15) is 0 Å². The number of nitrogens with zero attached hydrogens (tertiary/aromatic N) is 1. The van der Waals surface area contributed by atoms with Crippen LogP contribution in [0.2, 0.25) is 0 Å². The van der Waals surface area contributed by atoms with Crippen LogP contribution < -0.4 is 19.3 Å². The molecule has 0 spiro atoms. The van der Waals surface area contributed by atoms with Crippen molar-refractivity contribution < 1.29 is 18.1 Å². The molecule has 2 N–H and O–H groups in total. The quantitative estimate of drug-likeness (QED) is 0.585. The van der Waals surface area contributed by atoms with Crippen LogP contribution in [-0.2, 0) is 16.4 Å². The van der Waals surface area contributed by atoms with E-state index in [-0.39, 0.29) is 4.90 Å². The molecule has 6 nitrogen and oxygen atoms in total. The Kier molecular flexibility index (Phi) is 6.72. The van der Waals surface area contributed by atoms with E-state index in [4.69, 9.17) is 4.74 Å². The van der Waals surface area contributed by atoms with Crippen LogP contribution in [0.1, 0.15) is 12.5 Å². The number of sulfonamides is 1. The number of rotatable bonds is 9. The highest BCUT2D eigenvalue weighted by Crippen LogP contribution is 2.22. The van der Waals surface area contributed by atoms with E-state index in [0.717, 1.165) is 23.6 Å². The van der Waals surface area contributed by atoms with Gasteiger partial charge in [-0.05, 0) is 36.8 Å². The summed E-state index contributed by atoms with van der Waals surface area (Å²) in [6.07, 6.45) is 2.31. The number of pyridine rings is 1. The number of aromatic amines is 1. The van der Waals surface area contributed by atoms with Gasteiger partial charge in [0.1, 0.15) is 16.8 Å². The van der Waals surface area contributed by atoms with Gasteiger partial charge in [-0.3, -0.25) is 9.62 Å². The summed E-state index contributed by atoms with van der Waals surface area (Å²) in [6, 6.07) is 20.4. The highest BCUT2D eigenvalue weighted by Gasteiger charge is 2.24. The summed E-state index contributed by atoms with van der Waals surface area (Å²) in [4.78, 5) is 3.26. The lowest BCUT2D eigenvalue weighted by atomic mass is 10.1. The first-order chi connectivity index (χ1) is 14.1. The fourth-order valence-electron chi connectivity index (χ4n) is 3.14. The summed E-state index contributed by atoms with van der Waals surface area (Å²) in [7, 11) is -1.97. The van der Waals surface area contributed by atoms with Gasteiger partial charge in [0, 0.05) is 19.0 Å². The second-order valence-electron chi connectivity index (χ2n) is 6.43. The number of benzene rings is 2. The molecule has 3 aromatic rings. The molecule has 0 bridgehead atoms. The van der Waals surface area contributed by atoms with Crippen LogP contribution in [0.5, 0.6) is 5.75 Å². The van der Waals surface area contributed by atoms with Crippen molar-refractivity contribution in [1.29, 1.82) is 0 Å². The maximum atomic E-state index is 13.0. The molecule has 0 aliphatic carbocycles. The van der Waals surface area contributed by atoms with E-state index in [2.05, 4.69) is 10.3 Å². The second kappa shape index (κ2) is 9.43. The average Bonchev–Trinajstić information content (AvgIpc) is 2.75. The maximum absolute atomic E-state index is 13.0. The van der Waals surface area contributed by atoms with Crippen molar-refractivity contribution in [3.05, 3.63) is 78.5 Å². The number of H-pyrrole nitrogens is 1. The largest absolute Gasteiger partial charge is 0.496 e. The van der Waals surface area contributed by atoms with Crippen molar-refractivity contribution in [2.75, 3.05) is 29.8 Å². The molecule has 0 radical (unpaired) electrons. The lowest BCUT2D eigenvalue weighted by Crippen LogP contribution is -2.31. The molecule has 0 aliphatic heterocycles. The van der Waals surface area contributed by atoms with Gasteiger partial charge in [0.05, 0.1) is 19.3 Å². The Morgan fingerprint density at radius 3 is 2.38 bits per heavy atom. The Morgan fingerprint density at radius 2 is 1.72 bits per heavy atom. The molecule has 0 saturated heterocycles. The van der Waals surface area contributed by atoms with E-state index in [0.29, 0.717) is 18.8 Å². The third-order valence-corrected chi connectivity index (χ3v) is 6.50. The molecule has 7 heteroatoms. The number of aromatic nitrogens is 1. The summed E-state index contributed by atoms with van der Waals surface area (Å²) < 4.78 is 32.8. The van der Waals surface area contributed by atoms with Crippen LogP contribution in [0, 0.1) is 0 Å². The molecular weight excluding hydrogens is 386 g/mol. The Balaban J connectivity index is 1.67. The minimum Gasteiger partial charge on any atom is -0.496 e. The van der Waals surface area contributed by atoms with Crippen molar-refractivity contribution in [2.24, 2.45) is 0 Å².